The van der Waals surface area contributed by atoms with Gasteiger partial charge in [0.15, 0.2) is 11.5 Å². The quantitative estimate of drug-likeness (QED) is 0.322. The molecule has 1 saturated heterocycles. The standard InChI is InChI=1S/C25H23ClN5O2/c1-33-23-12-16(11-20(26)25(23)32)15-2-4-21-19(10-15)22(7-9-28-21)30-17-3-5-24(29-14-17)31-18-6-8-27-13-18/h2-5,9-12,14,18,27,32H,6,8,13H2,1H3,(H,28,30)(H,29,31). The number of hydrogen-bond donors (Lipinski definition) is 4. The maximum absolute atomic E-state index is 10.1. The van der Waals surface area contributed by atoms with Gasteiger partial charge in [0.05, 0.1) is 35.2 Å². The second-order valence-electron chi connectivity index (χ2n) is 7.91. The maximum Gasteiger partial charge on any atom is 0.176 e. The van der Waals surface area contributed by atoms with E-state index in [4.69, 9.17) is 16.3 Å². The third-order valence-corrected chi connectivity index (χ3v) is 5.99. The molecule has 1 atom stereocenters. The molecular formula is C25H23ClN5O2. The predicted molar refractivity (Wildman–Crippen MR) is 132 cm³/mol. The highest BCUT2D eigenvalue weighted by atomic mass is 35.5. The number of anilines is 3. The van der Waals surface area contributed by atoms with Crippen LogP contribution in [0.5, 0.6) is 11.5 Å². The molecule has 4 N–H and O–H groups in total. The van der Waals surface area contributed by atoms with Gasteiger partial charge >= 0.3 is 0 Å². The molecule has 33 heavy (non-hydrogen) atoms. The summed E-state index contributed by atoms with van der Waals surface area (Å²) in [6.07, 6.45) is 4.56. The number of aromatic nitrogens is 2. The summed E-state index contributed by atoms with van der Waals surface area (Å²) in [5.41, 5.74) is 4.21. The molecule has 7 nitrogen and oxygen atoms in total. The first-order valence-electron chi connectivity index (χ1n) is 10.7. The summed E-state index contributed by atoms with van der Waals surface area (Å²) in [5, 5.41) is 21.4. The van der Waals surface area contributed by atoms with Gasteiger partial charge in [-0.25, -0.2) is 4.98 Å². The Labute approximate surface area is 196 Å². The number of fused-ring (bicyclic) bond motifs is 1. The first kappa shape index (κ1) is 21.3. The zero-order valence-corrected chi connectivity index (χ0v) is 18.8. The van der Waals surface area contributed by atoms with Crippen molar-refractivity contribution in [1.29, 1.82) is 0 Å². The van der Waals surface area contributed by atoms with E-state index >= 15 is 0 Å². The number of aromatic hydroxyl groups is 1. The van der Waals surface area contributed by atoms with E-state index < -0.39 is 0 Å². The van der Waals surface area contributed by atoms with Crippen LogP contribution in [0.1, 0.15) is 6.42 Å². The summed E-state index contributed by atoms with van der Waals surface area (Å²) < 4.78 is 5.25. The number of methoxy groups -OCH3 is 1. The van der Waals surface area contributed by atoms with Gasteiger partial charge in [0.2, 0.25) is 0 Å². The van der Waals surface area contributed by atoms with Crippen LogP contribution in [0.3, 0.4) is 0 Å². The average Bonchev–Trinajstić information content (AvgIpc) is 3.35. The highest BCUT2D eigenvalue weighted by Crippen LogP contribution is 2.39. The van der Waals surface area contributed by atoms with Crippen LogP contribution in [0.25, 0.3) is 22.0 Å². The molecule has 0 spiro atoms. The fourth-order valence-corrected chi connectivity index (χ4v) is 4.17. The lowest BCUT2D eigenvalue weighted by atomic mass is 10.0. The fourth-order valence-electron chi connectivity index (χ4n) is 3.96. The van der Waals surface area contributed by atoms with Crippen molar-refractivity contribution in [2.45, 2.75) is 12.5 Å². The molecule has 4 aromatic rings. The predicted octanol–water partition coefficient (Wildman–Crippen LogP) is 4.98. The monoisotopic (exact) mass is 460 g/mol. The van der Waals surface area contributed by atoms with E-state index in [0.717, 1.165) is 58.7 Å². The number of pyridine rings is 2. The Balaban J connectivity index is 1.44. The van der Waals surface area contributed by atoms with E-state index in [1.165, 1.54) is 7.11 Å². The van der Waals surface area contributed by atoms with Crippen molar-refractivity contribution >= 4 is 39.7 Å². The lowest BCUT2D eigenvalue weighted by molar-refractivity contribution is 0.374. The van der Waals surface area contributed by atoms with Gasteiger partial charge in [0.1, 0.15) is 5.82 Å². The van der Waals surface area contributed by atoms with Gasteiger partial charge in [-0.05, 0) is 60.5 Å². The number of ether oxygens (including phenoxy) is 1. The van der Waals surface area contributed by atoms with Crippen LogP contribution in [0.2, 0.25) is 5.02 Å². The molecule has 0 aliphatic carbocycles. The number of nitrogens with one attached hydrogen (secondary N) is 3. The van der Waals surface area contributed by atoms with Gasteiger partial charge in [-0.3, -0.25) is 4.98 Å². The summed E-state index contributed by atoms with van der Waals surface area (Å²) in [7, 11) is 1.50. The Kier molecular flexibility index (Phi) is 5.90. The molecule has 1 unspecified atom stereocenters. The minimum Gasteiger partial charge on any atom is -0.503 e. The Morgan fingerprint density at radius 1 is 1.15 bits per heavy atom. The summed E-state index contributed by atoms with van der Waals surface area (Å²) in [5.74, 6) is 1.11. The third-order valence-electron chi connectivity index (χ3n) is 5.71. The largest absolute Gasteiger partial charge is 0.503 e. The molecule has 167 valence electrons. The van der Waals surface area contributed by atoms with Crippen molar-refractivity contribution in [3.8, 4) is 22.6 Å². The van der Waals surface area contributed by atoms with Crippen LogP contribution < -0.4 is 20.7 Å². The van der Waals surface area contributed by atoms with Crippen LogP contribution in [0, 0.1) is 6.07 Å². The number of rotatable bonds is 6. The van der Waals surface area contributed by atoms with Gasteiger partial charge in [-0.1, -0.05) is 17.7 Å². The SMILES string of the molecule is COc1cc(-c2ccc3nc[c]c(Nc4ccc(NC5CCNC5)nc4)c3c2)cc(Cl)c1O. The Hall–Kier alpha value is -3.55. The van der Waals surface area contributed by atoms with E-state index in [0.29, 0.717) is 11.8 Å². The van der Waals surface area contributed by atoms with Crippen LogP contribution >= 0.6 is 11.6 Å². The van der Waals surface area contributed by atoms with Crippen LogP contribution in [0.15, 0.2) is 54.9 Å². The maximum atomic E-state index is 10.1. The Bertz CT molecular complexity index is 1290. The van der Waals surface area contributed by atoms with Crippen molar-refractivity contribution in [3.05, 3.63) is 65.9 Å². The first-order chi connectivity index (χ1) is 16.1. The molecule has 1 aliphatic heterocycles. The average molecular weight is 461 g/mol. The van der Waals surface area contributed by atoms with Crippen LogP contribution in [-0.4, -0.2) is 41.3 Å². The lowest BCUT2D eigenvalue weighted by Crippen LogP contribution is -2.22. The Morgan fingerprint density at radius 3 is 2.82 bits per heavy atom. The summed E-state index contributed by atoms with van der Waals surface area (Å²) >= 11 is 6.19. The smallest absolute Gasteiger partial charge is 0.176 e. The molecular weight excluding hydrogens is 438 g/mol. The molecule has 0 saturated carbocycles. The zero-order chi connectivity index (χ0) is 22.8. The number of hydrogen-bond acceptors (Lipinski definition) is 7. The molecule has 8 heteroatoms. The van der Waals surface area contributed by atoms with Crippen molar-refractivity contribution in [3.63, 3.8) is 0 Å². The lowest BCUT2D eigenvalue weighted by Gasteiger charge is -2.14. The van der Waals surface area contributed by atoms with E-state index in [2.05, 4.69) is 32.0 Å². The zero-order valence-electron chi connectivity index (χ0n) is 18.0. The number of phenols is 1. The fraction of sp³-hybridized carbons (Fsp3) is 0.200. The minimum atomic E-state index is -0.0734. The third kappa shape index (κ3) is 4.51. The highest BCUT2D eigenvalue weighted by molar-refractivity contribution is 6.32. The summed E-state index contributed by atoms with van der Waals surface area (Å²) in [4.78, 5) is 8.97. The van der Waals surface area contributed by atoms with Crippen LogP contribution in [-0.2, 0) is 0 Å². The topological polar surface area (TPSA) is 91.3 Å². The van der Waals surface area contributed by atoms with Gasteiger partial charge in [-0.2, -0.15) is 0 Å². The molecule has 5 rings (SSSR count). The van der Waals surface area contributed by atoms with Crippen LogP contribution in [0.4, 0.5) is 17.2 Å². The van der Waals surface area contributed by atoms with E-state index in [9.17, 15) is 5.11 Å². The van der Waals surface area contributed by atoms with Crippen molar-refractivity contribution in [1.82, 2.24) is 15.3 Å². The molecule has 1 radical (unpaired) electrons. The normalized spacial score (nSPS) is 15.5. The van der Waals surface area contributed by atoms with E-state index in [-0.39, 0.29) is 10.8 Å². The molecule has 1 aliphatic rings. The number of nitrogens with zero attached hydrogens (tertiary/aromatic N) is 2. The van der Waals surface area contributed by atoms with E-state index in [1.807, 2.05) is 30.3 Å². The number of phenolic OH excluding ortho intramolecular Hbond substituents is 1. The Morgan fingerprint density at radius 2 is 2.06 bits per heavy atom. The number of halogens is 1. The molecule has 0 bridgehead atoms. The van der Waals surface area contributed by atoms with Crippen molar-refractivity contribution in [2.24, 2.45) is 0 Å². The van der Waals surface area contributed by atoms with E-state index in [1.54, 1.807) is 24.5 Å². The summed E-state index contributed by atoms with van der Waals surface area (Å²) in [6.45, 7) is 1.99. The highest BCUT2D eigenvalue weighted by Gasteiger charge is 2.15. The second kappa shape index (κ2) is 9.13. The molecule has 1 fully saturated rings. The van der Waals surface area contributed by atoms with Gasteiger partial charge in [0, 0.05) is 30.2 Å². The molecule has 3 heterocycles. The summed E-state index contributed by atoms with van der Waals surface area (Å²) in [6, 6.07) is 17.0. The van der Waals surface area contributed by atoms with Gasteiger partial charge in [0.25, 0.3) is 0 Å². The van der Waals surface area contributed by atoms with Crippen molar-refractivity contribution < 1.29 is 9.84 Å². The molecule has 2 aromatic heterocycles. The molecule has 0 amide bonds. The number of benzene rings is 2. The minimum absolute atomic E-state index is 0.0734. The van der Waals surface area contributed by atoms with Crippen molar-refractivity contribution in [2.75, 3.05) is 30.8 Å². The van der Waals surface area contributed by atoms with Gasteiger partial charge < -0.3 is 25.8 Å². The molecule has 2 aromatic carbocycles. The second-order valence-corrected chi connectivity index (χ2v) is 8.32. The van der Waals surface area contributed by atoms with Gasteiger partial charge in [-0.15, -0.1) is 0 Å². The first-order valence-corrected chi connectivity index (χ1v) is 11.1.